The maximum atomic E-state index is 2.55. The van der Waals surface area contributed by atoms with Crippen molar-refractivity contribution in [3.63, 3.8) is 0 Å². The maximum absolute atomic E-state index is 2.55. The van der Waals surface area contributed by atoms with E-state index in [1.807, 2.05) is 11.3 Å². The monoisotopic (exact) mass is 945 g/mol. The van der Waals surface area contributed by atoms with Crippen LogP contribution in [0.3, 0.4) is 0 Å². The number of benzene rings is 12. The van der Waals surface area contributed by atoms with Gasteiger partial charge in [-0.05, 0) is 117 Å². The van der Waals surface area contributed by atoms with E-state index in [1.54, 1.807) is 0 Å². The predicted molar refractivity (Wildman–Crippen MR) is 309 cm³/mol. The molecule has 0 N–H and O–H groups in total. The fraction of sp³-hybridized carbons (Fsp3) is 0.0145. The van der Waals surface area contributed by atoms with Crippen LogP contribution in [0.5, 0.6) is 0 Å². The molecule has 14 aromatic rings. The standard InChI is InChI=1S/C69H43N3S/c1-4-22-45(23-5-1)70(46-24-6-2-7-25-46)63-43-56-65-49-28-11-10-21-44(49)41-64(68(65)73-67(56)55-33-13-12-32-53(55)63)71(47-26-8-3-9-27-47)48-39-40-62-60(42-48)69(57-35-17-14-29-50(57)51-30-15-18-36-58(51)69)59-37-20-34-54-52-31-16-19-38-61(52)72(62)66(54)59/h1-43H. The Labute approximate surface area is 426 Å². The number of para-hydroxylation sites is 5. The molecule has 1 spiro atoms. The van der Waals surface area contributed by atoms with E-state index < -0.39 is 5.41 Å². The Balaban J connectivity index is 1.02. The average Bonchev–Trinajstić information content (AvgIpc) is 4.12. The van der Waals surface area contributed by atoms with Gasteiger partial charge < -0.3 is 14.4 Å². The molecular formula is C69H43N3S. The van der Waals surface area contributed by atoms with Crippen molar-refractivity contribution in [1.29, 1.82) is 0 Å². The van der Waals surface area contributed by atoms with Crippen LogP contribution in [0.4, 0.5) is 34.1 Å². The van der Waals surface area contributed by atoms with Crippen LogP contribution in [-0.2, 0) is 5.41 Å². The Bertz CT molecular complexity index is 4490. The van der Waals surface area contributed by atoms with Crippen LogP contribution in [-0.4, -0.2) is 4.57 Å². The zero-order valence-corrected chi connectivity index (χ0v) is 40.4. The first kappa shape index (κ1) is 40.5. The lowest BCUT2D eigenvalue weighted by atomic mass is 9.65. The summed E-state index contributed by atoms with van der Waals surface area (Å²) >= 11 is 1.92. The van der Waals surface area contributed by atoms with Crippen molar-refractivity contribution in [1.82, 2.24) is 4.57 Å². The zero-order chi connectivity index (χ0) is 47.8. The highest BCUT2D eigenvalue weighted by atomic mass is 32.1. The van der Waals surface area contributed by atoms with Gasteiger partial charge in [0.25, 0.3) is 0 Å². The molecule has 2 aromatic heterocycles. The smallest absolute Gasteiger partial charge is 0.0755 e. The second kappa shape index (κ2) is 15.4. The molecule has 2 aliphatic rings. The molecule has 73 heavy (non-hydrogen) atoms. The van der Waals surface area contributed by atoms with Gasteiger partial charge >= 0.3 is 0 Å². The highest BCUT2D eigenvalue weighted by Crippen LogP contribution is 2.62. The molecule has 3 nitrogen and oxygen atoms in total. The van der Waals surface area contributed by atoms with Crippen LogP contribution in [0.2, 0.25) is 0 Å². The van der Waals surface area contributed by atoms with E-state index in [0.29, 0.717) is 0 Å². The van der Waals surface area contributed by atoms with Crippen LogP contribution in [0.25, 0.3) is 80.3 Å². The van der Waals surface area contributed by atoms with Gasteiger partial charge in [0, 0.05) is 59.8 Å². The minimum atomic E-state index is -0.584. The molecule has 0 bridgehead atoms. The normalized spacial score (nSPS) is 13.0. The van der Waals surface area contributed by atoms with E-state index in [2.05, 4.69) is 275 Å². The van der Waals surface area contributed by atoms with Crippen molar-refractivity contribution in [2.24, 2.45) is 0 Å². The average molecular weight is 946 g/mol. The number of hydrogen-bond acceptors (Lipinski definition) is 3. The minimum Gasteiger partial charge on any atom is -0.310 e. The highest BCUT2D eigenvalue weighted by molar-refractivity contribution is 7.27. The number of fused-ring (bicyclic) bond motifs is 19. The molecule has 0 unspecified atom stereocenters. The first-order chi connectivity index (χ1) is 36.3. The fourth-order valence-corrected chi connectivity index (χ4v) is 14.4. The summed E-state index contributed by atoms with van der Waals surface area (Å²) in [6, 6.07) is 97.1. The molecule has 0 radical (unpaired) electrons. The Morgan fingerprint density at radius 2 is 0.863 bits per heavy atom. The first-order valence-corrected chi connectivity index (χ1v) is 26.0. The molecule has 0 saturated heterocycles. The molecule has 16 rings (SSSR count). The van der Waals surface area contributed by atoms with Crippen LogP contribution in [0, 0.1) is 0 Å². The lowest BCUT2D eigenvalue weighted by molar-refractivity contribution is 0.748. The summed E-state index contributed by atoms with van der Waals surface area (Å²) in [4.78, 5) is 4.97. The summed E-state index contributed by atoms with van der Waals surface area (Å²) in [5.74, 6) is 0. The molecule has 340 valence electrons. The van der Waals surface area contributed by atoms with Gasteiger partial charge in [0.1, 0.15) is 0 Å². The number of aromatic nitrogens is 1. The van der Waals surface area contributed by atoms with Gasteiger partial charge in [0.2, 0.25) is 0 Å². The first-order valence-electron chi connectivity index (χ1n) is 25.2. The van der Waals surface area contributed by atoms with Crippen molar-refractivity contribution >= 4 is 109 Å². The van der Waals surface area contributed by atoms with Crippen LogP contribution < -0.4 is 9.80 Å². The van der Waals surface area contributed by atoms with E-state index in [1.165, 1.54) is 103 Å². The van der Waals surface area contributed by atoms with E-state index in [9.17, 15) is 0 Å². The number of rotatable bonds is 6. The fourth-order valence-electron chi connectivity index (χ4n) is 13.0. The SMILES string of the molecule is c1ccc(N(c2ccccc2)c2cc3c(sc4c(N(c5ccccc5)c5ccc6c(c5)C5(c7ccccc7-c7ccccc75)c5cccc7c8ccccc8n-6c57)cc5ccccc5c43)c3ccccc23)cc1. The summed E-state index contributed by atoms with van der Waals surface area (Å²) in [7, 11) is 0. The third-order valence-corrected chi connectivity index (χ3v) is 17.1. The molecular weight excluding hydrogens is 903 g/mol. The van der Waals surface area contributed by atoms with E-state index >= 15 is 0 Å². The number of nitrogens with zero attached hydrogens (tertiary/aromatic N) is 3. The Hall–Kier alpha value is -9.22. The van der Waals surface area contributed by atoms with Gasteiger partial charge in [0.15, 0.2) is 0 Å². The molecule has 3 heterocycles. The largest absolute Gasteiger partial charge is 0.310 e. The van der Waals surface area contributed by atoms with Crippen molar-refractivity contribution in [2.75, 3.05) is 9.80 Å². The summed E-state index contributed by atoms with van der Waals surface area (Å²) in [6.07, 6.45) is 0. The van der Waals surface area contributed by atoms with Gasteiger partial charge in [-0.25, -0.2) is 0 Å². The minimum absolute atomic E-state index is 0.584. The molecule has 0 amide bonds. The van der Waals surface area contributed by atoms with Crippen LogP contribution in [0.1, 0.15) is 22.3 Å². The van der Waals surface area contributed by atoms with Crippen LogP contribution in [0.15, 0.2) is 261 Å². The molecule has 1 aliphatic heterocycles. The predicted octanol–water partition coefficient (Wildman–Crippen LogP) is 19.1. The van der Waals surface area contributed by atoms with Gasteiger partial charge in [0.05, 0.1) is 38.2 Å². The summed E-state index contributed by atoms with van der Waals surface area (Å²) < 4.78 is 5.08. The van der Waals surface area contributed by atoms with Gasteiger partial charge in [-0.1, -0.05) is 188 Å². The topological polar surface area (TPSA) is 11.4 Å². The Kier molecular flexibility index (Phi) is 8.54. The third-order valence-electron chi connectivity index (χ3n) is 15.9. The van der Waals surface area contributed by atoms with E-state index in [-0.39, 0.29) is 0 Å². The third kappa shape index (κ3) is 5.53. The van der Waals surface area contributed by atoms with Crippen LogP contribution >= 0.6 is 11.3 Å². The lowest BCUT2D eigenvalue weighted by Crippen LogP contribution is -2.33. The molecule has 12 aromatic carbocycles. The summed E-state index contributed by atoms with van der Waals surface area (Å²) in [6.45, 7) is 0. The molecule has 1 aliphatic carbocycles. The van der Waals surface area contributed by atoms with E-state index in [0.717, 1.165) is 34.1 Å². The van der Waals surface area contributed by atoms with Gasteiger partial charge in [-0.2, -0.15) is 0 Å². The van der Waals surface area contributed by atoms with Crippen molar-refractivity contribution in [3.05, 3.63) is 283 Å². The molecule has 0 saturated carbocycles. The second-order valence-electron chi connectivity index (χ2n) is 19.5. The summed E-state index contributed by atoms with van der Waals surface area (Å²) in [5, 5.41) is 9.97. The number of thiophene rings is 1. The van der Waals surface area contributed by atoms with E-state index in [4.69, 9.17) is 0 Å². The highest BCUT2D eigenvalue weighted by Gasteiger charge is 2.51. The second-order valence-corrected chi connectivity index (χ2v) is 20.5. The van der Waals surface area contributed by atoms with Crippen molar-refractivity contribution < 1.29 is 0 Å². The lowest BCUT2D eigenvalue weighted by Gasteiger charge is -2.40. The molecule has 0 atom stereocenters. The van der Waals surface area contributed by atoms with Crippen molar-refractivity contribution in [2.45, 2.75) is 5.41 Å². The number of hydrogen-bond donors (Lipinski definition) is 0. The van der Waals surface area contributed by atoms with Gasteiger partial charge in [-0.15, -0.1) is 11.3 Å². The molecule has 0 fully saturated rings. The quantitative estimate of drug-likeness (QED) is 0.165. The Morgan fingerprint density at radius 3 is 1.55 bits per heavy atom. The molecule has 4 heteroatoms. The number of anilines is 6. The maximum Gasteiger partial charge on any atom is 0.0755 e. The zero-order valence-electron chi connectivity index (χ0n) is 39.6. The van der Waals surface area contributed by atoms with Gasteiger partial charge in [-0.3, -0.25) is 0 Å². The Morgan fingerprint density at radius 1 is 0.329 bits per heavy atom. The summed E-state index contributed by atoms with van der Waals surface area (Å²) in [5.41, 5.74) is 17.7. The van der Waals surface area contributed by atoms with Crippen molar-refractivity contribution in [3.8, 4) is 16.8 Å².